The van der Waals surface area contributed by atoms with Crippen molar-refractivity contribution in [3.05, 3.63) is 69.2 Å². The van der Waals surface area contributed by atoms with Crippen LogP contribution in [0.1, 0.15) is 36.5 Å². The Hall–Kier alpha value is -2.21. The van der Waals surface area contributed by atoms with E-state index in [1.54, 1.807) is 18.2 Å². The van der Waals surface area contributed by atoms with E-state index in [1.165, 1.54) is 7.11 Å². The van der Waals surface area contributed by atoms with E-state index in [4.69, 9.17) is 42.3 Å². The SMILES string of the molecule is C/C=C/COc1cc(C)c(OCCCCOC/C(=N/OC)c2ccc(Cl)cc2Cl)c(C)c1. The maximum atomic E-state index is 6.26. The van der Waals surface area contributed by atoms with Crippen molar-refractivity contribution in [2.24, 2.45) is 5.16 Å². The predicted molar refractivity (Wildman–Crippen MR) is 132 cm³/mol. The molecule has 0 aromatic heterocycles. The summed E-state index contributed by atoms with van der Waals surface area (Å²) in [6.45, 7) is 8.10. The lowest BCUT2D eigenvalue weighted by Gasteiger charge is -2.14. The van der Waals surface area contributed by atoms with Crippen molar-refractivity contribution in [3.63, 3.8) is 0 Å². The average Bonchev–Trinajstić information content (AvgIpc) is 2.74. The summed E-state index contributed by atoms with van der Waals surface area (Å²) < 4.78 is 17.5. The third-order valence-corrected chi connectivity index (χ3v) is 5.18. The zero-order chi connectivity index (χ0) is 23.3. The van der Waals surface area contributed by atoms with Crippen molar-refractivity contribution >= 4 is 28.9 Å². The molecule has 32 heavy (non-hydrogen) atoms. The molecular weight excluding hydrogens is 449 g/mol. The molecule has 174 valence electrons. The number of rotatable bonds is 13. The number of aryl methyl sites for hydroxylation is 2. The third-order valence-electron chi connectivity index (χ3n) is 4.63. The molecule has 0 bridgehead atoms. The van der Waals surface area contributed by atoms with E-state index in [9.17, 15) is 0 Å². The van der Waals surface area contributed by atoms with Gasteiger partial charge in [0, 0.05) is 17.2 Å². The molecule has 0 aliphatic heterocycles. The van der Waals surface area contributed by atoms with Crippen LogP contribution < -0.4 is 9.47 Å². The fraction of sp³-hybridized carbons (Fsp3) is 0.400. The van der Waals surface area contributed by atoms with E-state index in [1.807, 2.05) is 45.1 Å². The number of oxime groups is 1. The van der Waals surface area contributed by atoms with Gasteiger partial charge < -0.3 is 19.0 Å². The molecule has 0 saturated carbocycles. The number of allylic oxidation sites excluding steroid dienone is 1. The molecule has 0 fully saturated rings. The lowest BCUT2D eigenvalue weighted by molar-refractivity contribution is 0.154. The molecule has 5 nitrogen and oxygen atoms in total. The first-order valence-electron chi connectivity index (χ1n) is 10.6. The zero-order valence-corrected chi connectivity index (χ0v) is 20.6. The average molecular weight is 480 g/mol. The highest BCUT2D eigenvalue weighted by atomic mass is 35.5. The van der Waals surface area contributed by atoms with Crippen LogP contribution in [0.4, 0.5) is 0 Å². The maximum Gasteiger partial charge on any atom is 0.125 e. The topological polar surface area (TPSA) is 49.3 Å². The fourth-order valence-electron chi connectivity index (χ4n) is 3.10. The lowest BCUT2D eigenvalue weighted by Crippen LogP contribution is -2.13. The summed E-state index contributed by atoms with van der Waals surface area (Å²) in [5, 5.41) is 5.11. The van der Waals surface area contributed by atoms with Crippen LogP contribution >= 0.6 is 23.2 Å². The van der Waals surface area contributed by atoms with Crippen LogP contribution in [-0.2, 0) is 9.57 Å². The molecule has 0 heterocycles. The number of hydrogen-bond acceptors (Lipinski definition) is 5. The van der Waals surface area contributed by atoms with Crippen molar-refractivity contribution in [1.82, 2.24) is 0 Å². The first-order valence-corrected chi connectivity index (χ1v) is 11.3. The smallest absolute Gasteiger partial charge is 0.125 e. The maximum absolute atomic E-state index is 6.26. The summed E-state index contributed by atoms with van der Waals surface area (Å²) >= 11 is 12.2. The molecule has 0 spiro atoms. The molecule has 0 aliphatic rings. The van der Waals surface area contributed by atoms with E-state index < -0.39 is 0 Å². The van der Waals surface area contributed by atoms with Crippen LogP contribution in [0.5, 0.6) is 11.5 Å². The Labute approximate surface area is 200 Å². The summed E-state index contributed by atoms with van der Waals surface area (Å²) in [4.78, 5) is 4.93. The quantitative estimate of drug-likeness (QED) is 0.137. The van der Waals surface area contributed by atoms with Crippen LogP contribution in [0.3, 0.4) is 0 Å². The number of halogens is 2. The van der Waals surface area contributed by atoms with Crippen molar-refractivity contribution < 1.29 is 19.0 Å². The second-order valence-electron chi connectivity index (χ2n) is 7.22. The summed E-state index contributed by atoms with van der Waals surface area (Å²) in [5.41, 5.74) is 3.49. The lowest BCUT2D eigenvalue weighted by atomic mass is 10.1. The minimum absolute atomic E-state index is 0.295. The highest BCUT2D eigenvalue weighted by Gasteiger charge is 2.11. The number of hydrogen-bond donors (Lipinski definition) is 0. The molecule has 2 rings (SSSR count). The van der Waals surface area contributed by atoms with Gasteiger partial charge in [0.05, 0.1) is 18.2 Å². The molecule has 0 saturated heterocycles. The minimum Gasteiger partial charge on any atom is -0.493 e. The van der Waals surface area contributed by atoms with E-state index in [0.29, 0.717) is 42.2 Å². The molecule has 0 aliphatic carbocycles. The van der Waals surface area contributed by atoms with Gasteiger partial charge in [0.2, 0.25) is 0 Å². The standard InChI is InChI=1S/C25H31Cl2NO4/c1-5-6-12-31-21-14-18(2)25(19(3)15-21)32-13-8-7-11-30-17-24(28-29-4)22-10-9-20(26)16-23(22)27/h5-6,9-10,14-16H,7-8,11-13,17H2,1-4H3/b6-5+,28-24-. The molecular formula is C25H31Cl2NO4. The molecule has 7 heteroatoms. The van der Waals surface area contributed by atoms with Gasteiger partial charge in [-0.1, -0.05) is 40.5 Å². The Morgan fingerprint density at radius 1 is 1.00 bits per heavy atom. The zero-order valence-electron chi connectivity index (χ0n) is 19.1. The van der Waals surface area contributed by atoms with E-state index in [2.05, 4.69) is 5.16 Å². The molecule has 0 amide bonds. The van der Waals surface area contributed by atoms with Gasteiger partial charge in [0.25, 0.3) is 0 Å². The molecule has 0 N–H and O–H groups in total. The van der Waals surface area contributed by atoms with Crippen molar-refractivity contribution in [3.8, 4) is 11.5 Å². The molecule has 0 atom stereocenters. The second-order valence-corrected chi connectivity index (χ2v) is 8.06. The first kappa shape index (κ1) is 26.0. The van der Waals surface area contributed by atoms with Crippen molar-refractivity contribution in [2.45, 2.75) is 33.6 Å². The second kappa shape index (κ2) is 14.0. The monoisotopic (exact) mass is 479 g/mol. The summed E-state index contributed by atoms with van der Waals surface area (Å²) in [6, 6.07) is 9.25. The van der Waals surface area contributed by atoms with Gasteiger partial charge in [0.15, 0.2) is 0 Å². The Bertz CT molecular complexity index is 905. The van der Waals surface area contributed by atoms with Gasteiger partial charge in [-0.2, -0.15) is 0 Å². The molecule has 0 unspecified atom stereocenters. The predicted octanol–water partition coefficient (Wildman–Crippen LogP) is 6.79. The van der Waals surface area contributed by atoms with Gasteiger partial charge in [0.1, 0.15) is 30.9 Å². The summed E-state index contributed by atoms with van der Waals surface area (Å²) in [6.07, 6.45) is 5.68. The Morgan fingerprint density at radius 2 is 1.72 bits per heavy atom. The highest BCUT2D eigenvalue weighted by Crippen LogP contribution is 2.28. The Morgan fingerprint density at radius 3 is 2.38 bits per heavy atom. The number of unbranched alkanes of at least 4 members (excludes halogenated alkanes) is 1. The first-order chi connectivity index (χ1) is 15.5. The van der Waals surface area contributed by atoms with Crippen LogP contribution in [0, 0.1) is 13.8 Å². The summed E-state index contributed by atoms with van der Waals surface area (Å²) in [5.74, 6) is 1.77. The van der Waals surface area contributed by atoms with Crippen LogP contribution in [0.2, 0.25) is 10.0 Å². The van der Waals surface area contributed by atoms with Crippen LogP contribution in [0.15, 0.2) is 47.6 Å². The third kappa shape index (κ3) is 8.38. The van der Waals surface area contributed by atoms with E-state index in [-0.39, 0.29) is 0 Å². The number of benzene rings is 2. The van der Waals surface area contributed by atoms with Crippen LogP contribution in [0.25, 0.3) is 0 Å². The summed E-state index contributed by atoms with van der Waals surface area (Å²) in [7, 11) is 1.49. The van der Waals surface area contributed by atoms with Gasteiger partial charge >= 0.3 is 0 Å². The minimum atomic E-state index is 0.295. The molecule has 0 radical (unpaired) electrons. The number of nitrogens with zero attached hydrogens (tertiary/aromatic N) is 1. The fourth-order valence-corrected chi connectivity index (χ4v) is 3.62. The van der Waals surface area contributed by atoms with Crippen LogP contribution in [-0.4, -0.2) is 39.2 Å². The normalized spacial score (nSPS) is 11.8. The van der Waals surface area contributed by atoms with Gasteiger partial charge in [-0.05, 0) is 75.1 Å². The number of ether oxygens (including phenoxy) is 3. The Kier molecular flexibility index (Phi) is 11.4. The Balaban J connectivity index is 1.75. The van der Waals surface area contributed by atoms with Gasteiger partial charge in [-0.3, -0.25) is 0 Å². The van der Waals surface area contributed by atoms with Gasteiger partial charge in [-0.25, -0.2) is 0 Å². The van der Waals surface area contributed by atoms with E-state index >= 15 is 0 Å². The molecule has 2 aromatic carbocycles. The van der Waals surface area contributed by atoms with Crippen molar-refractivity contribution in [2.75, 3.05) is 33.5 Å². The largest absolute Gasteiger partial charge is 0.493 e. The van der Waals surface area contributed by atoms with Gasteiger partial charge in [-0.15, -0.1) is 0 Å². The molecule has 2 aromatic rings. The highest BCUT2D eigenvalue weighted by molar-refractivity contribution is 6.37. The van der Waals surface area contributed by atoms with E-state index in [0.717, 1.165) is 41.0 Å². The van der Waals surface area contributed by atoms with Crippen molar-refractivity contribution in [1.29, 1.82) is 0 Å².